The van der Waals surface area contributed by atoms with Crippen molar-refractivity contribution in [2.24, 2.45) is 16.8 Å². The van der Waals surface area contributed by atoms with Crippen molar-refractivity contribution in [3.8, 4) is 11.6 Å². The van der Waals surface area contributed by atoms with Crippen molar-refractivity contribution in [3.05, 3.63) is 30.2 Å². The van der Waals surface area contributed by atoms with Crippen LogP contribution in [0.4, 0.5) is 0 Å². The standard InChI is InChI=1S/C18H26N6O.HI/c1-13-10-14(2)12-24(11-13)18(19-3)21-9-7-16-22-17(25-23-16)15-6-4-5-8-20-15;/h4-6,8,13-14H,7,9-12H2,1-3H3,(H,19,21);1H. The molecule has 1 N–H and O–H groups in total. The Morgan fingerprint density at radius 2 is 2.08 bits per heavy atom. The second kappa shape index (κ2) is 9.84. The van der Waals surface area contributed by atoms with Crippen LogP contribution in [-0.4, -0.2) is 52.7 Å². The molecule has 0 spiro atoms. The number of guanidine groups is 1. The first kappa shape index (κ1) is 20.6. The van der Waals surface area contributed by atoms with Gasteiger partial charge in [0.05, 0.1) is 0 Å². The summed E-state index contributed by atoms with van der Waals surface area (Å²) in [5.41, 5.74) is 0.696. The number of rotatable bonds is 4. The molecule has 7 nitrogen and oxygen atoms in total. The van der Waals surface area contributed by atoms with E-state index in [0.29, 0.717) is 42.2 Å². The van der Waals surface area contributed by atoms with Gasteiger partial charge in [-0.15, -0.1) is 24.0 Å². The molecule has 0 saturated carbocycles. The summed E-state index contributed by atoms with van der Waals surface area (Å²) in [5.74, 6) is 3.47. The summed E-state index contributed by atoms with van der Waals surface area (Å²) in [5, 5.41) is 7.45. The molecular weight excluding hydrogens is 443 g/mol. The van der Waals surface area contributed by atoms with E-state index >= 15 is 0 Å². The van der Waals surface area contributed by atoms with Gasteiger partial charge in [-0.2, -0.15) is 4.98 Å². The number of pyridine rings is 1. The first-order chi connectivity index (χ1) is 12.2. The maximum Gasteiger partial charge on any atom is 0.276 e. The van der Waals surface area contributed by atoms with Crippen molar-refractivity contribution in [2.45, 2.75) is 26.7 Å². The Kier molecular flexibility index (Phi) is 7.80. The van der Waals surface area contributed by atoms with Gasteiger partial charge in [0.1, 0.15) is 5.69 Å². The summed E-state index contributed by atoms with van der Waals surface area (Å²) in [6, 6.07) is 5.62. The molecule has 26 heavy (non-hydrogen) atoms. The summed E-state index contributed by atoms with van der Waals surface area (Å²) < 4.78 is 5.29. The average Bonchev–Trinajstić information content (AvgIpc) is 3.07. The smallest absolute Gasteiger partial charge is 0.276 e. The monoisotopic (exact) mass is 470 g/mol. The van der Waals surface area contributed by atoms with Crippen molar-refractivity contribution in [1.29, 1.82) is 0 Å². The lowest BCUT2D eigenvalue weighted by molar-refractivity contribution is 0.208. The third kappa shape index (κ3) is 5.39. The van der Waals surface area contributed by atoms with Crippen molar-refractivity contribution < 1.29 is 4.52 Å². The summed E-state index contributed by atoms with van der Waals surface area (Å²) >= 11 is 0. The lowest BCUT2D eigenvalue weighted by Crippen LogP contribution is -2.48. The van der Waals surface area contributed by atoms with Crippen LogP contribution in [0.25, 0.3) is 11.6 Å². The molecule has 8 heteroatoms. The van der Waals surface area contributed by atoms with Crippen LogP contribution in [0.2, 0.25) is 0 Å². The normalized spacial score (nSPS) is 20.6. The Labute approximate surface area is 171 Å². The zero-order valence-electron chi connectivity index (χ0n) is 15.6. The highest BCUT2D eigenvalue weighted by molar-refractivity contribution is 14.0. The van der Waals surface area contributed by atoms with Crippen LogP contribution in [0.15, 0.2) is 33.9 Å². The Hall–Kier alpha value is -1.71. The van der Waals surface area contributed by atoms with Gasteiger partial charge in [0.2, 0.25) is 0 Å². The van der Waals surface area contributed by atoms with Crippen LogP contribution in [-0.2, 0) is 6.42 Å². The van der Waals surface area contributed by atoms with E-state index in [2.05, 4.69) is 44.2 Å². The molecule has 1 fully saturated rings. The number of nitrogens with zero attached hydrogens (tertiary/aromatic N) is 5. The fourth-order valence-electron chi connectivity index (χ4n) is 3.40. The van der Waals surface area contributed by atoms with Gasteiger partial charge in [0, 0.05) is 39.3 Å². The Morgan fingerprint density at radius 3 is 2.73 bits per heavy atom. The molecule has 142 valence electrons. The Morgan fingerprint density at radius 1 is 1.31 bits per heavy atom. The summed E-state index contributed by atoms with van der Waals surface area (Å²) in [6.07, 6.45) is 3.67. The van der Waals surface area contributed by atoms with Gasteiger partial charge in [-0.1, -0.05) is 25.1 Å². The van der Waals surface area contributed by atoms with Crippen LogP contribution in [0.1, 0.15) is 26.1 Å². The zero-order valence-corrected chi connectivity index (χ0v) is 17.9. The van der Waals surface area contributed by atoms with E-state index in [0.717, 1.165) is 19.0 Å². The minimum absolute atomic E-state index is 0. The fraction of sp³-hybridized carbons (Fsp3) is 0.556. The molecule has 0 radical (unpaired) electrons. The van der Waals surface area contributed by atoms with E-state index in [4.69, 9.17) is 4.52 Å². The fourth-order valence-corrected chi connectivity index (χ4v) is 3.40. The second-order valence-electron chi connectivity index (χ2n) is 6.81. The first-order valence-corrected chi connectivity index (χ1v) is 8.85. The van der Waals surface area contributed by atoms with Crippen molar-refractivity contribution in [3.63, 3.8) is 0 Å². The van der Waals surface area contributed by atoms with Crippen molar-refractivity contribution in [2.75, 3.05) is 26.7 Å². The molecule has 2 unspecified atom stereocenters. The predicted octanol–water partition coefficient (Wildman–Crippen LogP) is 2.85. The minimum Gasteiger partial charge on any atom is -0.356 e. The summed E-state index contributed by atoms with van der Waals surface area (Å²) in [7, 11) is 1.83. The summed E-state index contributed by atoms with van der Waals surface area (Å²) in [4.78, 5) is 15.4. The van der Waals surface area contributed by atoms with E-state index in [1.54, 1.807) is 6.20 Å². The largest absolute Gasteiger partial charge is 0.356 e. The van der Waals surface area contributed by atoms with Gasteiger partial charge < -0.3 is 14.7 Å². The van der Waals surface area contributed by atoms with Gasteiger partial charge in [-0.05, 0) is 30.4 Å². The number of hydrogen-bond acceptors (Lipinski definition) is 5. The third-order valence-electron chi connectivity index (χ3n) is 4.36. The SMILES string of the molecule is CN=C(NCCc1noc(-c2ccccn2)n1)N1CC(C)CC(C)C1.I. The Bertz CT molecular complexity index is 695. The van der Waals surface area contributed by atoms with Crippen LogP contribution in [0, 0.1) is 11.8 Å². The molecule has 2 aromatic heterocycles. The van der Waals surface area contributed by atoms with Crippen LogP contribution in [0.5, 0.6) is 0 Å². The number of likely N-dealkylation sites (tertiary alicyclic amines) is 1. The molecular formula is C18H27IN6O. The molecule has 3 rings (SSSR count). The van der Waals surface area contributed by atoms with Crippen LogP contribution in [0.3, 0.4) is 0 Å². The number of aliphatic imine (C=N–C) groups is 1. The molecule has 0 amide bonds. The molecule has 1 aliphatic rings. The van der Waals surface area contributed by atoms with Crippen LogP contribution < -0.4 is 5.32 Å². The topological polar surface area (TPSA) is 79.4 Å². The highest BCUT2D eigenvalue weighted by Crippen LogP contribution is 2.20. The molecule has 0 aromatic carbocycles. The zero-order chi connectivity index (χ0) is 17.6. The van der Waals surface area contributed by atoms with Crippen molar-refractivity contribution >= 4 is 29.9 Å². The highest BCUT2D eigenvalue weighted by Gasteiger charge is 2.23. The van der Waals surface area contributed by atoms with E-state index in [1.807, 2.05) is 25.2 Å². The molecule has 1 saturated heterocycles. The van der Waals surface area contributed by atoms with Gasteiger partial charge in [-0.25, -0.2) is 0 Å². The van der Waals surface area contributed by atoms with Gasteiger partial charge in [0.25, 0.3) is 5.89 Å². The van der Waals surface area contributed by atoms with Crippen molar-refractivity contribution in [1.82, 2.24) is 25.3 Å². The number of aromatic nitrogens is 3. The van der Waals surface area contributed by atoms with Gasteiger partial charge in [-0.3, -0.25) is 9.98 Å². The Balaban J connectivity index is 0.00000243. The van der Waals surface area contributed by atoms with Gasteiger partial charge in [0.15, 0.2) is 11.8 Å². The number of halogens is 1. The second-order valence-corrected chi connectivity index (χ2v) is 6.81. The maximum absolute atomic E-state index is 5.29. The first-order valence-electron chi connectivity index (χ1n) is 8.85. The van der Waals surface area contributed by atoms with E-state index in [1.165, 1.54) is 6.42 Å². The minimum atomic E-state index is 0. The molecule has 0 bridgehead atoms. The molecule has 3 heterocycles. The average molecular weight is 470 g/mol. The lowest BCUT2D eigenvalue weighted by Gasteiger charge is -2.37. The van der Waals surface area contributed by atoms with Crippen LogP contribution >= 0.6 is 24.0 Å². The van der Waals surface area contributed by atoms with E-state index < -0.39 is 0 Å². The third-order valence-corrected chi connectivity index (χ3v) is 4.36. The van der Waals surface area contributed by atoms with E-state index in [-0.39, 0.29) is 24.0 Å². The summed E-state index contributed by atoms with van der Waals surface area (Å²) in [6.45, 7) is 7.42. The molecule has 1 aliphatic heterocycles. The molecule has 0 aliphatic carbocycles. The number of piperidine rings is 1. The number of nitrogens with one attached hydrogen (secondary N) is 1. The predicted molar refractivity (Wildman–Crippen MR) is 113 cm³/mol. The van der Waals surface area contributed by atoms with Gasteiger partial charge >= 0.3 is 0 Å². The highest BCUT2D eigenvalue weighted by atomic mass is 127. The lowest BCUT2D eigenvalue weighted by atomic mass is 9.92. The number of hydrogen-bond donors (Lipinski definition) is 1. The molecule has 2 atom stereocenters. The molecule has 2 aromatic rings. The van der Waals surface area contributed by atoms with E-state index in [9.17, 15) is 0 Å². The quantitative estimate of drug-likeness (QED) is 0.421. The maximum atomic E-state index is 5.29.